The largest absolute Gasteiger partial charge is 0.369 e. The van der Waals surface area contributed by atoms with Crippen molar-refractivity contribution < 1.29 is 4.79 Å². The normalized spacial score (nSPS) is 10.5. The van der Waals surface area contributed by atoms with Gasteiger partial charge in [0.1, 0.15) is 0 Å². The molecule has 0 bridgehead atoms. The van der Waals surface area contributed by atoms with Crippen LogP contribution in [0, 0.1) is 6.92 Å². The lowest BCUT2D eigenvalue weighted by molar-refractivity contribution is -0.115. The first-order valence-corrected chi connectivity index (χ1v) is 6.25. The highest BCUT2D eigenvalue weighted by Crippen LogP contribution is 2.21. The van der Waals surface area contributed by atoms with Gasteiger partial charge >= 0.3 is 0 Å². The zero-order valence-electron chi connectivity index (χ0n) is 9.83. The third-order valence-corrected chi connectivity index (χ3v) is 3.25. The lowest BCUT2D eigenvalue weighted by Gasteiger charge is -2.03. The van der Waals surface area contributed by atoms with Crippen molar-refractivity contribution in [2.45, 2.75) is 12.1 Å². The van der Waals surface area contributed by atoms with Gasteiger partial charge in [0.05, 0.1) is 5.75 Å². The van der Waals surface area contributed by atoms with Crippen LogP contribution in [0.4, 0.5) is 0 Å². The number of benzene rings is 1. The van der Waals surface area contributed by atoms with Crippen LogP contribution in [0.2, 0.25) is 0 Å². The minimum absolute atomic E-state index is 0.128. The molecule has 0 saturated heterocycles. The zero-order chi connectivity index (χ0) is 13.1. The van der Waals surface area contributed by atoms with Crippen LogP contribution in [0.15, 0.2) is 29.4 Å². The van der Waals surface area contributed by atoms with E-state index in [0.29, 0.717) is 11.0 Å². The van der Waals surface area contributed by atoms with E-state index in [-0.39, 0.29) is 5.75 Å². The highest BCUT2D eigenvalue weighted by Gasteiger charge is 2.12. The number of carbonyl (C=O) groups is 1. The van der Waals surface area contributed by atoms with E-state index >= 15 is 0 Å². The van der Waals surface area contributed by atoms with Crippen LogP contribution in [-0.2, 0) is 4.79 Å². The van der Waals surface area contributed by atoms with E-state index in [1.165, 1.54) is 4.68 Å². The fourth-order valence-electron chi connectivity index (χ4n) is 1.49. The topological polar surface area (TPSA) is 99.8 Å². The highest BCUT2D eigenvalue weighted by molar-refractivity contribution is 7.99. The Morgan fingerprint density at radius 1 is 1.44 bits per heavy atom. The van der Waals surface area contributed by atoms with Gasteiger partial charge in [0.2, 0.25) is 11.1 Å². The molecule has 7 heteroatoms. The van der Waals surface area contributed by atoms with Gasteiger partial charge in [0.15, 0.2) is 5.82 Å². The predicted molar refractivity (Wildman–Crippen MR) is 70.3 cm³/mol. The van der Waals surface area contributed by atoms with Crippen molar-refractivity contribution in [2.75, 3.05) is 11.6 Å². The van der Waals surface area contributed by atoms with Gasteiger partial charge in [-0.2, -0.15) is 0 Å². The summed E-state index contributed by atoms with van der Waals surface area (Å²) in [5.41, 5.74) is 7.07. The summed E-state index contributed by atoms with van der Waals surface area (Å²) in [5, 5.41) is 8.42. The van der Waals surface area contributed by atoms with Crippen molar-refractivity contribution in [1.29, 1.82) is 0 Å². The molecule has 0 radical (unpaired) electrons. The molecule has 0 aliphatic rings. The smallest absolute Gasteiger partial charge is 0.227 e. The Bertz CT molecular complexity index is 581. The molecule has 6 nitrogen and oxygen atoms in total. The standard InChI is InChI=1S/C11H13N5OS/c1-7-3-2-4-8(5-7)10-14-15-11(16(10)13)18-6-9(12)17/h2-5H,6,13H2,1H3,(H2,12,17). The summed E-state index contributed by atoms with van der Waals surface area (Å²) >= 11 is 1.16. The quantitative estimate of drug-likeness (QED) is 0.619. The summed E-state index contributed by atoms with van der Waals surface area (Å²) < 4.78 is 1.36. The first-order chi connectivity index (χ1) is 8.58. The SMILES string of the molecule is Cc1cccc(-c2nnc(SCC(N)=O)n2N)c1. The van der Waals surface area contributed by atoms with Gasteiger partial charge < -0.3 is 11.6 Å². The minimum atomic E-state index is -0.417. The van der Waals surface area contributed by atoms with E-state index < -0.39 is 5.91 Å². The van der Waals surface area contributed by atoms with Gasteiger partial charge in [-0.25, -0.2) is 4.68 Å². The number of carbonyl (C=O) groups excluding carboxylic acids is 1. The Hall–Kier alpha value is -2.02. The highest BCUT2D eigenvalue weighted by atomic mass is 32.2. The number of amides is 1. The Morgan fingerprint density at radius 3 is 2.89 bits per heavy atom. The molecular weight excluding hydrogens is 250 g/mol. The van der Waals surface area contributed by atoms with Gasteiger partial charge in [0.25, 0.3) is 0 Å². The van der Waals surface area contributed by atoms with E-state index in [0.717, 1.165) is 22.9 Å². The Kier molecular flexibility index (Phi) is 3.52. The Morgan fingerprint density at radius 2 is 2.22 bits per heavy atom. The summed E-state index contributed by atoms with van der Waals surface area (Å²) in [6.45, 7) is 1.99. The minimum Gasteiger partial charge on any atom is -0.369 e. The fraction of sp³-hybridized carbons (Fsp3) is 0.182. The maximum atomic E-state index is 10.7. The van der Waals surface area contributed by atoms with Gasteiger partial charge in [-0.1, -0.05) is 35.5 Å². The molecule has 0 fully saturated rings. The number of rotatable bonds is 4. The number of nitrogens with two attached hydrogens (primary N) is 2. The van der Waals surface area contributed by atoms with E-state index in [2.05, 4.69) is 10.2 Å². The summed E-state index contributed by atoms with van der Waals surface area (Å²) in [4.78, 5) is 10.7. The molecule has 0 aliphatic heterocycles. The van der Waals surface area contributed by atoms with Gasteiger partial charge in [-0.3, -0.25) is 4.79 Å². The number of aromatic nitrogens is 3. The average molecular weight is 263 g/mol. The molecule has 18 heavy (non-hydrogen) atoms. The molecule has 2 aromatic rings. The number of hydrogen-bond acceptors (Lipinski definition) is 5. The van der Waals surface area contributed by atoms with Crippen molar-refractivity contribution in [2.24, 2.45) is 5.73 Å². The summed E-state index contributed by atoms with van der Waals surface area (Å²) in [5.74, 6) is 6.16. The summed E-state index contributed by atoms with van der Waals surface area (Å²) in [6, 6.07) is 7.79. The van der Waals surface area contributed by atoms with E-state index in [9.17, 15) is 4.79 Å². The van der Waals surface area contributed by atoms with Crippen molar-refractivity contribution >= 4 is 17.7 Å². The number of nitrogen functional groups attached to an aromatic ring is 1. The third-order valence-electron chi connectivity index (χ3n) is 2.28. The summed E-state index contributed by atoms with van der Waals surface area (Å²) in [6.07, 6.45) is 0. The number of hydrogen-bond donors (Lipinski definition) is 2. The van der Waals surface area contributed by atoms with Gasteiger partial charge in [-0.15, -0.1) is 10.2 Å². The zero-order valence-corrected chi connectivity index (χ0v) is 10.6. The van der Waals surface area contributed by atoms with Crippen molar-refractivity contribution in [3.05, 3.63) is 29.8 Å². The van der Waals surface area contributed by atoms with Gasteiger partial charge in [0, 0.05) is 5.56 Å². The van der Waals surface area contributed by atoms with Crippen molar-refractivity contribution in [1.82, 2.24) is 14.9 Å². The Labute approximate surface area is 108 Å². The van der Waals surface area contributed by atoms with Crippen LogP contribution in [0.1, 0.15) is 5.56 Å². The molecule has 0 unspecified atom stereocenters. The fourth-order valence-corrected chi connectivity index (χ4v) is 2.09. The average Bonchev–Trinajstić information content (AvgIpc) is 2.68. The van der Waals surface area contributed by atoms with Crippen LogP contribution in [-0.4, -0.2) is 26.5 Å². The maximum absolute atomic E-state index is 10.7. The van der Waals surface area contributed by atoms with Crippen LogP contribution in [0.25, 0.3) is 11.4 Å². The second-order valence-electron chi connectivity index (χ2n) is 3.80. The van der Waals surface area contributed by atoms with Crippen LogP contribution >= 0.6 is 11.8 Å². The number of nitrogens with zero attached hydrogens (tertiary/aromatic N) is 3. The van der Waals surface area contributed by atoms with E-state index in [1.54, 1.807) is 0 Å². The lowest BCUT2D eigenvalue weighted by Crippen LogP contribution is -2.16. The predicted octanol–water partition coefficient (Wildman–Crippen LogP) is 0.545. The van der Waals surface area contributed by atoms with Crippen LogP contribution in [0.3, 0.4) is 0 Å². The Balaban J connectivity index is 2.28. The number of aryl methyl sites for hydroxylation is 1. The van der Waals surface area contributed by atoms with Gasteiger partial charge in [-0.05, 0) is 13.0 Å². The maximum Gasteiger partial charge on any atom is 0.227 e. The number of thioether (sulfide) groups is 1. The van der Waals surface area contributed by atoms with Crippen LogP contribution < -0.4 is 11.6 Å². The lowest BCUT2D eigenvalue weighted by atomic mass is 10.1. The molecule has 1 heterocycles. The third kappa shape index (κ3) is 2.62. The first-order valence-electron chi connectivity index (χ1n) is 5.26. The molecular formula is C11H13N5OS. The van der Waals surface area contributed by atoms with Crippen molar-refractivity contribution in [3.63, 3.8) is 0 Å². The molecule has 0 atom stereocenters. The molecule has 0 aliphatic carbocycles. The van der Waals surface area contributed by atoms with Crippen molar-refractivity contribution in [3.8, 4) is 11.4 Å². The summed E-state index contributed by atoms with van der Waals surface area (Å²) in [7, 11) is 0. The molecule has 1 aromatic heterocycles. The second kappa shape index (κ2) is 5.09. The first kappa shape index (κ1) is 12.4. The molecule has 1 aromatic carbocycles. The molecule has 0 spiro atoms. The number of primary amides is 1. The molecule has 4 N–H and O–H groups in total. The van der Waals surface area contributed by atoms with Crippen LogP contribution in [0.5, 0.6) is 0 Å². The van der Waals surface area contributed by atoms with E-state index in [4.69, 9.17) is 11.6 Å². The molecule has 2 rings (SSSR count). The van der Waals surface area contributed by atoms with E-state index in [1.807, 2.05) is 31.2 Å². The monoisotopic (exact) mass is 263 g/mol. The second-order valence-corrected chi connectivity index (χ2v) is 4.74. The molecule has 1 amide bonds. The molecule has 94 valence electrons. The molecule has 0 saturated carbocycles.